The van der Waals surface area contributed by atoms with Gasteiger partial charge in [0.05, 0.1) is 52.0 Å². The molecule has 2 aromatic heterocycles. The molecule has 3 aromatic rings. The highest BCUT2D eigenvalue weighted by Crippen LogP contribution is 2.36. The van der Waals surface area contributed by atoms with Crippen LogP contribution in [-0.2, 0) is 0 Å². The van der Waals surface area contributed by atoms with Crippen molar-refractivity contribution >= 4 is 27.8 Å². The number of H-pyrrole nitrogens is 1. The predicted molar refractivity (Wildman–Crippen MR) is 114 cm³/mol. The summed E-state index contributed by atoms with van der Waals surface area (Å²) in [6, 6.07) is 4.84. The van der Waals surface area contributed by atoms with E-state index in [1.807, 2.05) is 12.1 Å². The molecule has 1 aliphatic heterocycles. The predicted octanol–water partition coefficient (Wildman–Crippen LogP) is 2.17. The molecule has 2 N–H and O–H groups in total. The molecule has 1 saturated carbocycles. The minimum absolute atomic E-state index is 0.714. The molecule has 1 aromatic carbocycles. The maximum absolute atomic E-state index is 5.48. The standard InChI is InChI=1S/C22H29N5O2/c1-28-18-12-16-17(13-19(18)29-2)25-21-20(16)23-14-24-22(21)27-10-8-26(9-11-27)15-6-4-3-5-7-15/h12-15,25H,3-11H2,1-2H3/p+1. The summed E-state index contributed by atoms with van der Waals surface area (Å²) in [5, 5.41) is 1.03. The minimum Gasteiger partial charge on any atom is -0.493 e. The van der Waals surface area contributed by atoms with Crippen molar-refractivity contribution in [1.82, 2.24) is 15.0 Å². The second-order valence-electron chi connectivity index (χ2n) is 8.28. The lowest BCUT2D eigenvalue weighted by atomic mass is 9.94. The maximum Gasteiger partial charge on any atom is 0.162 e. The van der Waals surface area contributed by atoms with E-state index < -0.39 is 0 Å². The SMILES string of the molecule is COc1cc2[nH]c3c(N4CC[NH+](C5CCCCC5)CC4)ncnc3c2cc1OC. The number of piperazine rings is 1. The van der Waals surface area contributed by atoms with Gasteiger partial charge >= 0.3 is 0 Å². The zero-order valence-corrected chi connectivity index (χ0v) is 17.3. The Bertz CT molecular complexity index is 1000. The van der Waals surface area contributed by atoms with Gasteiger partial charge in [-0.3, -0.25) is 0 Å². The van der Waals surface area contributed by atoms with Crippen LogP contribution in [0.25, 0.3) is 21.9 Å². The Morgan fingerprint density at radius 1 is 1.00 bits per heavy atom. The largest absolute Gasteiger partial charge is 0.493 e. The molecule has 0 atom stereocenters. The fraction of sp³-hybridized carbons (Fsp3) is 0.545. The first-order valence-corrected chi connectivity index (χ1v) is 10.8. The summed E-state index contributed by atoms with van der Waals surface area (Å²) < 4.78 is 10.9. The molecule has 2 aliphatic rings. The van der Waals surface area contributed by atoms with Crippen LogP contribution >= 0.6 is 0 Å². The van der Waals surface area contributed by atoms with Crippen LogP contribution in [0.2, 0.25) is 0 Å². The molecular weight excluding hydrogens is 366 g/mol. The van der Waals surface area contributed by atoms with Gasteiger partial charge in [0, 0.05) is 11.5 Å². The molecule has 0 amide bonds. The van der Waals surface area contributed by atoms with Crippen molar-refractivity contribution in [2.45, 2.75) is 38.1 Å². The minimum atomic E-state index is 0.714. The van der Waals surface area contributed by atoms with Crippen LogP contribution in [0.3, 0.4) is 0 Å². The van der Waals surface area contributed by atoms with Crippen molar-refractivity contribution in [3.8, 4) is 11.5 Å². The second kappa shape index (κ2) is 7.71. The topological polar surface area (TPSA) is 67.7 Å². The van der Waals surface area contributed by atoms with Crippen LogP contribution < -0.4 is 19.3 Å². The second-order valence-corrected chi connectivity index (χ2v) is 8.28. The number of ether oxygens (including phenoxy) is 2. The molecule has 0 radical (unpaired) electrons. The Morgan fingerprint density at radius 2 is 1.72 bits per heavy atom. The van der Waals surface area contributed by atoms with Gasteiger partial charge in [-0.15, -0.1) is 0 Å². The Kier molecular flexibility index (Phi) is 4.91. The average molecular weight is 397 g/mol. The van der Waals surface area contributed by atoms with Gasteiger partial charge in [0.15, 0.2) is 17.3 Å². The van der Waals surface area contributed by atoms with E-state index in [2.05, 4.69) is 19.9 Å². The number of aromatic nitrogens is 3. The third-order valence-corrected chi connectivity index (χ3v) is 6.75. The van der Waals surface area contributed by atoms with Gasteiger partial charge in [-0.2, -0.15) is 0 Å². The highest BCUT2D eigenvalue weighted by molar-refractivity contribution is 6.09. The summed E-state index contributed by atoms with van der Waals surface area (Å²) in [4.78, 5) is 17.0. The van der Waals surface area contributed by atoms with E-state index in [4.69, 9.17) is 9.47 Å². The number of nitrogens with one attached hydrogen (secondary N) is 2. The molecule has 29 heavy (non-hydrogen) atoms. The van der Waals surface area contributed by atoms with Crippen LogP contribution in [0.15, 0.2) is 18.5 Å². The molecule has 0 unspecified atom stereocenters. The molecule has 3 heterocycles. The summed E-state index contributed by atoms with van der Waals surface area (Å²) in [6.07, 6.45) is 8.73. The first-order valence-electron chi connectivity index (χ1n) is 10.8. The highest BCUT2D eigenvalue weighted by Gasteiger charge is 2.30. The van der Waals surface area contributed by atoms with Gasteiger partial charge in [0.1, 0.15) is 17.4 Å². The van der Waals surface area contributed by atoms with E-state index in [0.717, 1.165) is 46.9 Å². The van der Waals surface area contributed by atoms with Crippen LogP contribution in [0.5, 0.6) is 11.5 Å². The Balaban J connectivity index is 1.45. The van der Waals surface area contributed by atoms with Gasteiger partial charge in [-0.1, -0.05) is 6.42 Å². The molecule has 1 saturated heterocycles. The summed E-state index contributed by atoms with van der Waals surface area (Å²) in [5.41, 5.74) is 2.93. The first kappa shape index (κ1) is 18.5. The summed E-state index contributed by atoms with van der Waals surface area (Å²) in [7, 11) is 3.32. The lowest BCUT2D eigenvalue weighted by molar-refractivity contribution is -0.927. The fourth-order valence-corrected chi connectivity index (χ4v) is 5.17. The zero-order chi connectivity index (χ0) is 19.8. The van der Waals surface area contributed by atoms with Gasteiger partial charge in [0.25, 0.3) is 0 Å². The lowest BCUT2D eigenvalue weighted by Crippen LogP contribution is -3.18. The van der Waals surface area contributed by atoms with Crippen LogP contribution in [0.4, 0.5) is 5.82 Å². The van der Waals surface area contributed by atoms with Crippen molar-refractivity contribution < 1.29 is 14.4 Å². The van der Waals surface area contributed by atoms with E-state index in [0.29, 0.717) is 11.5 Å². The van der Waals surface area contributed by atoms with E-state index in [-0.39, 0.29) is 0 Å². The maximum atomic E-state index is 5.48. The molecule has 2 fully saturated rings. The molecular formula is C22H30N5O2+. The number of quaternary nitrogens is 1. The molecule has 7 nitrogen and oxygen atoms in total. The fourth-order valence-electron chi connectivity index (χ4n) is 5.17. The molecule has 0 bridgehead atoms. The number of hydrogen-bond acceptors (Lipinski definition) is 5. The van der Waals surface area contributed by atoms with Crippen molar-refractivity contribution in [1.29, 1.82) is 0 Å². The molecule has 154 valence electrons. The molecule has 5 rings (SSSR count). The Labute approximate surface area is 171 Å². The van der Waals surface area contributed by atoms with E-state index in [9.17, 15) is 0 Å². The number of methoxy groups -OCH3 is 2. The van der Waals surface area contributed by atoms with Gasteiger partial charge in [-0.05, 0) is 31.7 Å². The van der Waals surface area contributed by atoms with E-state index in [1.54, 1.807) is 25.4 Å². The number of fused-ring (bicyclic) bond motifs is 3. The third-order valence-electron chi connectivity index (χ3n) is 6.75. The van der Waals surface area contributed by atoms with Crippen molar-refractivity contribution in [2.75, 3.05) is 45.3 Å². The number of hydrogen-bond donors (Lipinski definition) is 2. The van der Waals surface area contributed by atoms with Crippen LogP contribution in [0, 0.1) is 0 Å². The molecule has 7 heteroatoms. The van der Waals surface area contributed by atoms with Crippen LogP contribution in [-0.4, -0.2) is 61.4 Å². The van der Waals surface area contributed by atoms with E-state index in [1.165, 1.54) is 45.2 Å². The lowest BCUT2D eigenvalue weighted by Gasteiger charge is -2.38. The molecule has 1 aliphatic carbocycles. The normalized spacial score (nSPS) is 19.2. The van der Waals surface area contributed by atoms with Gasteiger partial charge < -0.3 is 24.3 Å². The van der Waals surface area contributed by atoms with Crippen molar-refractivity contribution in [3.05, 3.63) is 18.5 Å². The Morgan fingerprint density at radius 3 is 2.45 bits per heavy atom. The number of rotatable bonds is 4. The van der Waals surface area contributed by atoms with Crippen molar-refractivity contribution in [3.63, 3.8) is 0 Å². The summed E-state index contributed by atoms with van der Waals surface area (Å²) in [6.45, 7) is 4.47. The first-order chi connectivity index (χ1) is 14.3. The third kappa shape index (κ3) is 3.27. The number of nitrogens with zero attached hydrogens (tertiary/aromatic N) is 3. The molecule has 0 spiro atoms. The van der Waals surface area contributed by atoms with Crippen LogP contribution in [0.1, 0.15) is 32.1 Å². The number of aromatic amines is 1. The quantitative estimate of drug-likeness (QED) is 0.708. The van der Waals surface area contributed by atoms with Gasteiger partial charge in [0.2, 0.25) is 0 Å². The van der Waals surface area contributed by atoms with Crippen molar-refractivity contribution in [2.24, 2.45) is 0 Å². The zero-order valence-electron chi connectivity index (χ0n) is 17.3. The van der Waals surface area contributed by atoms with E-state index >= 15 is 0 Å². The van der Waals surface area contributed by atoms with Gasteiger partial charge in [-0.25, -0.2) is 9.97 Å². The average Bonchev–Trinajstić information content (AvgIpc) is 3.16. The number of anilines is 1. The highest BCUT2D eigenvalue weighted by atomic mass is 16.5. The smallest absolute Gasteiger partial charge is 0.162 e. The monoisotopic (exact) mass is 396 g/mol. The summed E-state index contributed by atoms with van der Waals surface area (Å²) >= 11 is 0. The Hall–Kier alpha value is -2.54. The summed E-state index contributed by atoms with van der Waals surface area (Å²) in [5.74, 6) is 2.43. The number of benzene rings is 1.